The van der Waals surface area contributed by atoms with Gasteiger partial charge in [0.2, 0.25) is 10.0 Å². The molecule has 2 aromatic rings. The highest BCUT2D eigenvalue weighted by molar-refractivity contribution is 7.89. The number of aryl methyl sites for hydroxylation is 1. The van der Waals surface area contributed by atoms with Gasteiger partial charge in [-0.1, -0.05) is 45.0 Å². The molecule has 3 rings (SSSR count). The summed E-state index contributed by atoms with van der Waals surface area (Å²) >= 11 is 0. The van der Waals surface area contributed by atoms with Crippen LogP contribution in [0.15, 0.2) is 41.4 Å². The van der Waals surface area contributed by atoms with E-state index in [0.29, 0.717) is 6.54 Å². The Morgan fingerprint density at radius 3 is 2.48 bits per heavy atom. The van der Waals surface area contributed by atoms with Crippen molar-refractivity contribution in [2.45, 2.75) is 44.7 Å². The minimum absolute atomic E-state index is 0.0482. The molecule has 8 heteroatoms. The van der Waals surface area contributed by atoms with E-state index in [1.165, 1.54) is 28.0 Å². The van der Waals surface area contributed by atoms with Gasteiger partial charge in [-0.05, 0) is 29.0 Å². The van der Waals surface area contributed by atoms with Crippen molar-refractivity contribution in [3.63, 3.8) is 0 Å². The third-order valence-electron chi connectivity index (χ3n) is 5.54. The largest absolute Gasteiger partial charge is 0.364 e. The molecule has 29 heavy (non-hydrogen) atoms. The number of primary amides is 1. The number of nitrogens with zero attached hydrogens (tertiary/aromatic N) is 2. The molecule has 0 radical (unpaired) electrons. The van der Waals surface area contributed by atoms with Crippen molar-refractivity contribution in [1.82, 2.24) is 14.2 Å². The topological polar surface area (TPSA) is 97.4 Å². The van der Waals surface area contributed by atoms with Crippen molar-refractivity contribution in [2.75, 3.05) is 13.1 Å². The molecule has 7 nitrogen and oxygen atoms in total. The molecule has 0 aliphatic carbocycles. The molecule has 1 amide bonds. The minimum Gasteiger partial charge on any atom is -0.364 e. The number of nitrogens with two attached hydrogens (primary N) is 1. The number of benzene rings is 1. The second kappa shape index (κ2) is 7.93. The van der Waals surface area contributed by atoms with E-state index in [1.54, 1.807) is 7.05 Å². The quantitative estimate of drug-likeness (QED) is 0.748. The van der Waals surface area contributed by atoms with Gasteiger partial charge in [0.25, 0.3) is 5.91 Å². The predicted octanol–water partition coefficient (Wildman–Crippen LogP) is 1.88. The van der Waals surface area contributed by atoms with E-state index in [2.05, 4.69) is 27.8 Å². The molecule has 0 unspecified atom stereocenters. The van der Waals surface area contributed by atoms with Gasteiger partial charge in [0.05, 0.1) is 0 Å². The number of hydrogen-bond acceptors (Lipinski definition) is 4. The second-order valence-electron chi connectivity index (χ2n) is 8.83. The Hall–Kier alpha value is -2.16. The van der Waals surface area contributed by atoms with E-state index >= 15 is 0 Å². The number of carbonyl (C=O) groups excluding carboxylic acids is 1. The highest BCUT2D eigenvalue weighted by Gasteiger charge is 2.33. The van der Waals surface area contributed by atoms with Crippen LogP contribution < -0.4 is 10.5 Å². The van der Waals surface area contributed by atoms with Crippen molar-refractivity contribution >= 4 is 15.9 Å². The average Bonchev–Trinajstić information content (AvgIpc) is 3.03. The zero-order valence-electron chi connectivity index (χ0n) is 17.5. The molecule has 2 heterocycles. The number of fused-ring (bicyclic) bond motifs is 1. The van der Waals surface area contributed by atoms with Gasteiger partial charge in [-0.2, -0.15) is 0 Å². The maximum Gasteiger partial charge on any atom is 0.265 e. The lowest BCUT2D eigenvalue weighted by Gasteiger charge is -2.37. The van der Waals surface area contributed by atoms with Crippen LogP contribution >= 0.6 is 0 Å². The molecule has 0 fully saturated rings. The molecule has 1 aromatic carbocycles. The molecule has 0 bridgehead atoms. The van der Waals surface area contributed by atoms with Gasteiger partial charge in [0, 0.05) is 38.9 Å². The summed E-state index contributed by atoms with van der Waals surface area (Å²) in [5, 5.41) is 0. The summed E-state index contributed by atoms with van der Waals surface area (Å²) in [5.74, 6) is -0.659. The molecule has 3 N–H and O–H groups in total. The van der Waals surface area contributed by atoms with Gasteiger partial charge in [-0.25, -0.2) is 13.1 Å². The standard InChI is InChI=1S/C21H30N4O3S/c1-21(2,3)19(14-25-10-9-15-7-5-6-8-16(15)12-25)23-29(27,28)17-11-18(20(22)26)24(4)13-17/h5-8,11,13,19,23H,9-10,12,14H2,1-4H3,(H2,22,26)/t19-/m1/s1. The van der Waals surface area contributed by atoms with E-state index in [1.807, 2.05) is 26.8 Å². The smallest absolute Gasteiger partial charge is 0.265 e. The lowest BCUT2D eigenvalue weighted by Crippen LogP contribution is -2.51. The summed E-state index contributed by atoms with van der Waals surface area (Å²) in [5.41, 5.74) is 7.85. The Morgan fingerprint density at radius 2 is 1.90 bits per heavy atom. The summed E-state index contributed by atoms with van der Waals surface area (Å²) in [6.45, 7) is 8.38. The molecular formula is C21H30N4O3S. The Bertz CT molecular complexity index is 1010. The number of rotatable bonds is 6. The molecule has 1 aromatic heterocycles. The predicted molar refractivity (Wildman–Crippen MR) is 113 cm³/mol. The highest BCUT2D eigenvalue weighted by Crippen LogP contribution is 2.26. The molecule has 0 spiro atoms. The summed E-state index contributed by atoms with van der Waals surface area (Å²) < 4.78 is 30.3. The SMILES string of the molecule is Cn1cc(S(=O)(=O)N[C@H](CN2CCc3ccccc3C2)C(C)(C)C)cc1C(N)=O. The van der Waals surface area contributed by atoms with E-state index in [4.69, 9.17) is 5.73 Å². The van der Waals surface area contributed by atoms with Gasteiger partial charge in [0.15, 0.2) is 0 Å². The second-order valence-corrected chi connectivity index (χ2v) is 10.5. The van der Waals surface area contributed by atoms with Crippen LogP contribution in [0.3, 0.4) is 0 Å². The van der Waals surface area contributed by atoms with Crippen LogP contribution in [0, 0.1) is 5.41 Å². The maximum absolute atomic E-state index is 13.0. The van der Waals surface area contributed by atoms with E-state index < -0.39 is 15.9 Å². The fourth-order valence-electron chi connectivity index (χ4n) is 3.64. The van der Waals surface area contributed by atoms with Gasteiger partial charge >= 0.3 is 0 Å². The lowest BCUT2D eigenvalue weighted by atomic mass is 9.86. The van der Waals surface area contributed by atoms with Crippen LogP contribution in [0.5, 0.6) is 0 Å². The van der Waals surface area contributed by atoms with Crippen molar-refractivity contribution < 1.29 is 13.2 Å². The summed E-state index contributed by atoms with van der Waals surface area (Å²) in [6, 6.07) is 9.41. The number of hydrogen-bond donors (Lipinski definition) is 2. The van der Waals surface area contributed by atoms with Crippen molar-refractivity contribution in [2.24, 2.45) is 18.2 Å². The van der Waals surface area contributed by atoms with Gasteiger partial charge < -0.3 is 10.3 Å². The number of sulfonamides is 1. The maximum atomic E-state index is 13.0. The van der Waals surface area contributed by atoms with E-state index in [9.17, 15) is 13.2 Å². The normalized spacial score (nSPS) is 16.4. The molecule has 0 saturated heterocycles. The zero-order valence-corrected chi connectivity index (χ0v) is 18.3. The first-order chi connectivity index (χ1) is 13.5. The van der Waals surface area contributed by atoms with Gasteiger partial charge in [-0.15, -0.1) is 0 Å². The average molecular weight is 419 g/mol. The number of nitrogens with one attached hydrogen (secondary N) is 1. The third kappa shape index (κ3) is 4.88. The summed E-state index contributed by atoms with van der Waals surface area (Å²) in [4.78, 5) is 13.8. The molecule has 158 valence electrons. The fraction of sp³-hybridized carbons (Fsp3) is 0.476. The first-order valence-electron chi connectivity index (χ1n) is 9.75. The Balaban J connectivity index is 1.79. The first kappa shape index (κ1) is 21.5. The Morgan fingerprint density at radius 1 is 1.24 bits per heavy atom. The van der Waals surface area contributed by atoms with Gasteiger partial charge in [0.1, 0.15) is 10.6 Å². The van der Waals surface area contributed by atoms with Crippen molar-refractivity contribution in [1.29, 1.82) is 0 Å². The van der Waals surface area contributed by atoms with Crippen molar-refractivity contribution in [3.05, 3.63) is 53.3 Å². The minimum atomic E-state index is -3.79. The van der Waals surface area contributed by atoms with Crippen LogP contribution in [0.1, 0.15) is 42.4 Å². The van der Waals surface area contributed by atoms with Crippen LogP contribution in [0.4, 0.5) is 0 Å². The van der Waals surface area contributed by atoms with Crippen LogP contribution in [-0.4, -0.2) is 42.9 Å². The number of aromatic nitrogens is 1. The van der Waals surface area contributed by atoms with E-state index in [0.717, 1.165) is 19.5 Å². The first-order valence-corrected chi connectivity index (χ1v) is 11.2. The molecule has 1 aliphatic heterocycles. The van der Waals surface area contributed by atoms with Gasteiger partial charge in [-0.3, -0.25) is 9.69 Å². The third-order valence-corrected chi connectivity index (χ3v) is 6.97. The molecule has 0 saturated carbocycles. The monoisotopic (exact) mass is 418 g/mol. The summed E-state index contributed by atoms with van der Waals surface area (Å²) in [6.07, 6.45) is 2.37. The zero-order chi connectivity index (χ0) is 21.4. The Kier molecular flexibility index (Phi) is 5.89. The number of carbonyl (C=O) groups is 1. The van der Waals surface area contributed by atoms with Crippen LogP contribution in [0.2, 0.25) is 0 Å². The number of amides is 1. The fourth-order valence-corrected chi connectivity index (χ4v) is 5.14. The molecule has 1 aliphatic rings. The Labute approximate surface area is 172 Å². The van der Waals surface area contributed by atoms with Crippen LogP contribution in [-0.2, 0) is 30.0 Å². The van der Waals surface area contributed by atoms with Crippen LogP contribution in [0.25, 0.3) is 0 Å². The summed E-state index contributed by atoms with van der Waals surface area (Å²) in [7, 11) is -2.19. The lowest BCUT2D eigenvalue weighted by molar-refractivity contribution is 0.0992. The molecular weight excluding hydrogens is 388 g/mol. The van der Waals surface area contributed by atoms with E-state index in [-0.39, 0.29) is 22.0 Å². The highest BCUT2D eigenvalue weighted by atomic mass is 32.2. The van der Waals surface area contributed by atoms with Crippen molar-refractivity contribution in [3.8, 4) is 0 Å². The molecule has 1 atom stereocenters.